The molecule has 0 fully saturated rings. The molecule has 1 rings (SSSR count). The van der Waals surface area contributed by atoms with Gasteiger partial charge in [0.15, 0.2) is 0 Å². The number of ether oxygens (including phenoxy) is 1. The zero-order valence-electron chi connectivity index (χ0n) is 6.51. The van der Waals surface area contributed by atoms with Gasteiger partial charge < -0.3 is 4.74 Å². The van der Waals surface area contributed by atoms with Gasteiger partial charge >= 0.3 is 0 Å². The molecular weight excluding hydrogens is 251 g/mol. The zero-order valence-corrected chi connectivity index (χ0v) is 8.67. The number of halogens is 1. The van der Waals surface area contributed by atoms with Gasteiger partial charge in [-0.15, -0.1) is 0 Å². The number of alkyl halides is 1. The van der Waals surface area contributed by atoms with Crippen LogP contribution in [0, 0.1) is 6.92 Å². The van der Waals surface area contributed by atoms with Crippen LogP contribution in [0.15, 0.2) is 24.3 Å². The molecule has 1 aromatic carbocycles. The van der Waals surface area contributed by atoms with Crippen molar-refractivity contribution in [1.82, 2.24) is 0 Å². The molecule has 0 saturated carbocycles. The maximum Gasteiger partial charge on any atom is 0.119 e. The van der Waals surface area contributed by atoms with Crippen LogP contribution in [-0.2, 0) is 0 Å². The molecule has 0 atom stereocenters. The van der Waals surface area contributed by atoms with Crippen LogP contribution in [-0.4, -0.2) is 11.0 Å². The predicted molar refractivity (Wildman–Crippen MR) is 55.6 cm³/mol. The van der Waals surface area contributed by atoms with E-state index in [1.165, 1.54) is 5.56 Å². The fourth-order valence-corrected chi connectivity index (χ4v) is 1.01. The Labute approximate surface area is 80.9 Å². The van der Waals surface area contributed by atoms with Crippen LogP contribution in [0.2, 0.25) is 0 Å². The van der Waals surface area contributed by atoms with Crippen LogP contribution in [0.1, 0.15) is 5.56 Å². The molecule has 0 N–H and O–H groups in total. The monoisotopic (exact) mass is 262 g/mol. The Morgan fingerprint density at radius 3 is 2.45 bits per heavy atom. The van der Waals surface area contributed by atoms with Crippen molar-refractivity contribution in [3.63, 3.8) is 0 Å². The third kappa shape index (κ3) is 3.10. The van der Waals surface area contributed by atoms with Crippen LogP contribution in [0.25, 0.3) is 0 Å². The Morgan fingerprint density at radius 1 is 1.27 bits per heavy atom. The zero-order chi connectivity index (χ0) is 8.10. The minimum atomic E-state index is 0.795. The molecule has 0 aliphatic carbocycles. The molecule has 0 aliphatic rings. The average molecular weight is 262 g/mol. The summed E-state index contributed by atoms with van der Waals surface area (Å²) in [5, 5.41) is 0. The van der Waals surface area contributed by atoms with Crippen molar-refractivity contribution in [3.05, 3.63) is 29.8 Å². The standard InChI is InChI=1S/C9H11IO/c1-8-2-4-9(5-3-8)11-7-6-10/h2-5H,6-7H2,1H3. The number of hydrogen-bond acceptors (Lipinski definition) is 1. The maximum absolute atomic E-state index is 5.40. The molecule has 0 heterocycles. The molecule has 1 nitrogen and oxygen atoms in total. The molecule has 1 aromatic rings. The average Bonchev–Trinajstić information content (AvgIpc) is 2.04. The predicted octanol–water partition coefficient (Wildman–Crippen LogP) is 2.81. The summed E-state index contributed by atoms with van der Waals surface area (Å²) in [6, 6.07) is 8.12. The molecule has 0 unspecified atom stereocenters. The Morgan fingerprint density at radius 2 is 1.91 bits per heavy atom. The number of hydrogen-bond donors (Lipinski definition) is 0. The Kier molecular flexibility index (Phi) is 3.69. The molecule has 0 spiro atoms. The van der Waals surface area contributed by atoms with Gasteiger partial charge in [-0.25, -0.2) is 0 Å². The molecule has 0 radical (unpaired) electrons. The van der Waals surface area contributed by atoms with Crippen LogP contribution < -0.4 is 4.74 Å². The maximum atomic E-state index is 5.40. The molecular formula is C9H11IO. The first-order chi connectivity index (χ1) is 5.33. The number of rotatable bonds is 3. The van der Waals surface area contributed by atoms with Crippen molar-refractivity contribution in [2.24, 2.45) is 0 Å². The SMILES string of the molecule is Cc1ccc(OCCI)cc1. The first-order valence-electron chi connectivity index (χ1n) is 3.58. The summed E-state index contributed by atoms with van der Waals surface area (Å²) in [5.74, 6) is 0.965. The van der Waals surface area contributed by atoms with Crippen LogP contribution in [0.3, 0.4) is 0 Å². The van der Waals surface area contributed by atoms with Gasteiger partial charge in [-0.05, 0) is 19.1 Å². The molecule has 0 saturated heterocycles. The quantitative estimate of drug-likeness (QED) is 0.601. The normalized spacial score (nSPS) is 9.64. The fraction of sp³-hybridized carbons (Fsp3) is 0.333. The topological polar surface area (TPSA) is 9.23 Å². The van der Waals surface area contributed by atoms with Crippen molar-refractivity contribution < 1.29 is 4.74 Å². The van der Waals surface area contributed by atoms with Crippen LogP contribution in [0.4, 0.5) is 0 Å². The van der Waals surface area contributed by atoms with E-state index >= 15 is 0 Å². The third-order valence-electron chi connectivity index (χ3n) is 1.37. The van der Waals surface area contributed by atoms with E-state index in [4.69, 9.17) is 4.74 Å². The van der Waals surface area contributed by atoms with Gasteiger partial charge in [-0.3, -0.25) is 0 Å². The molecule has 0 aromatic heterocycles. The summed E-state index contributed by atoms with van der Waals surface area (Å²) in [4.78, 5) is 0. The van der Waals surface area contributed by atoms with Gasteiger partial charge in [0, 0.05) is 4.43 Å². The van der Waals surface area contributed by atoms with E-state index in [1.54, 1.807) is 0 Å². The van der Waals surface area contributed by atoms with Gasteiger partial charge in [-0.1, -0.05) is 40.3 Å². The van der Waals surface area contributed by atoms with Gasteiger partial charge in [0.2, 0.25) is 0 Å². The molecule has 0 aliphatic heterocycles. The highest BCUT2D eigenvalue weighted by Gasteiger charge is 1.90. The second-order valence-corrected chi connectivity index (χ2v) is 3.43. The van der Waals surface area contributed by atoms with E-state index < -0.39 is 0 Å². The van der Waals surface area contributed by atoms with Crippen LogP contribution in [0.5, 0.6) is 5.75 Å². The minimum absolute atomic E-state index is 0.795. The lowest BCUT2D eigenvalue weighted by atomic mass is 10.2. The lowest BCUT2D eigenvalue weighted by Crippen LogP contribution is -1.96. The molecule has 2 heteroatoms. The summed E-state index contributed by atoms with van der Waals surface area (Å²) in [7, 11) is 0. The lowest BCUT2D eigenvalue weighted by Gasteiger charge is -2.02. The highest BCUT2D eigenvalue weighted by atomic mass is 127. The Hall–Kier alpha value is -0.250. The summed E-state index contributed by atoms with van der Waals surface area (Å²) < 4.78 is 6.44. The van der Waals surface area contributed by atoms with E-state index in [-0.39, 0.29) is 0 Å². The first kappa shape index (κ1) is 8.84. The van der Waals surface area contributed by atoms with E-state index in [0.717, 1.165) is 16.8 Å². The number of benzene rings is 1. The lowest BCUT2D eigenvalue weighted by molar-refractivity contribution is 0.346. The first-order valence-corrected chi connectivity index (χ1v) is 5.11. The second-order valence-electron chi connectivity index (χ2n) is 2.35. The molecule has 60 valence electrons. The van der Waals surface area contributed by atoms with Crippen molar-refractivity contribution in [2.45, 2.75) is 6.92 Å². The smallest absolute Gasteiger partial charge is 0.119 e. The Bertz CT molecular complexity index is 205. The minimum Gasteiger partial charge on any atom is -0.493 e. The van der Waals surface area contributed by atoms with Gasteiger partial charge in [-0.2, -0.15) is 0 Å². The largest absolute Gasteiger partial charge is 0.493 e. The van der Waals surface area contributed by atoms with Crippen molar-refractivity contribution in [3.8, 4) is 5.75 Å². The summed E-state index contributed by atoms with van der Waals surface area (Å²) >= 11 is 2.30. The summed E-state index contributed by atoms with van der Waals surface area (Å²) in [6.45, 7) is 2.87. The van der Waals surface area contributed by atoms with Crippen molar-refractivity contribution in [1.29, 1.82) is 0 Å². The van der Waals surface area contributed by atoms with Gasteiger partial charge in [0.25, 0.3) is 0 Å². The van der Waals surface area contributed by atoms with E-state index in [0.29, 0.717) is 0 Å². The van der Waals surface area contributed by atoms with Gasteiger partial charge in [0.05, 0.1) is 6.61 Å². The van der Waals surface area contributed by atoms with E-state index in [9.17, 15) is 0 Å². The molecule has 0 bridgehead atoms. The highest BCUT2D eigenvalue weighted by Crippen LogP contribution is 2.10. The molecule has 0 amide bonds. The highest BCUT2D eigenvalue weighted by molar-refractivity contribution is 14.1. The summed E-state index contributed by atoms with van der Waals surface area (Å²) in [6.07, 6.45) is 0. The Balaban J connectivity index is 2.52. The van der Waals surface area contributed by atoms with Crippen molar-refractivity contribution in [2.75, 3.05) is 11.0 Å². The fourth-order valence-electron chi connectivity index (χ4n) is 0.791. The van der Waals surface area contributed by atoms with E-state index in [1.807, 2.05) is 12.1 Å². The number of aryl methyl sites for hydroxylation is 1. The second kappa shape index (κ2) is 4.59. The van der Waals surface area contributed by atoms with Crippen molar-refractivity contribution >= 4 is 22.6 Å². The molecule has 11 heavy (non-hydrogen) atoms. The van der Waals surface area contributed by atoms with E-state index in [2.05, 4.69) is 41.6 Å². The van der Waals surface area contributed by atoms with Gasteiger partial charge in [0.1, 0.15) is 5.75 Å². The third-order valence-corrected chi connectivity index (χ3v) is 1.81. The summed E-state index contributed by atoms with van der Waals surface area (Å²) in [5.41, 5.74) is 1.27. The van der Waals surface area contributed by atoms with Crippen LogP contribution >= 0.6 is 22.6 Å².